The number of aromatic nitrogens is 7. The van der Waals surface area contributed by atoms with Crippen LogP contribution in [0.5, 0.6) is 5.75 Å². The van der Waals surface area contributed by atoms with Crippen LogP contribution in [0.3, 0.4) is 0 Å². The predicted molar refractivity (Wildman–Crippen MR) is 150 cm³/mol. The van der Waals surface area contributed by atoms with Crippen LogP contribution in [0, 0.1) is 11.2 Å². The van der Waals surface area contributed by atoms with Crippen molar-refractivity contribution in [3.05, 3.63) is 67.0 Å². The Bertz CT molecular complexity index is 1880. The highest BCUT2D eigenvalue weighted by Gasteiger charge is 2.19. The van der Waals surface area contributed by atoms with Crippen LogP contribution < -0.4 is 5.32 Å². The number of anilines is 1. The van der Waals surface area contributed by atoms with Crippen molar-refractivity contribution in [1.82, 2.24) is 35.1 Å². The molecule has 0 aliphatic heterocycles. The van der Waals surface area contributed by atoms with Gasteiger partial charge in [-0.15, -0.1) is 0 Å². The largest absolute Gasteiger partial charge is 0.508 e. The second-order valence-corrected chi connectivity index (χ2v) is 10.8. The minimum absolute atomic E-state index is 0.0841. The molecule has 0 spiro atoms. The van der Waals surface area contributed by atoms with Gasteiger partial charge in [0.15, 0.2) is 5.82 Å². The summed E-state index contributed by atoms with van der Waals surface area (Å²) in [6.07, 6.45) is 6.93. The van der Waals surface area contributed by atoms with Gasteiger partial charge >= 0.3 is 0 Å². The highest BCUT2D eigenvalue weighted by molar-refractivity contribution is 5.97. The number of halogens is 1. The molecule has 0 saturated heterocycles. The van der Waals surface area contributed by atoms with Crippen molar-refractivity contribution in [3.8, 4) is 39.8 Å². The number of amides is 1. The fourth-order valence-corrected chi connectivity index (χ4v) is 4.56. The van der Waals surface area contributed by atoms with Crippen LogP contribution in [0.2, 0.25) is 0 Å². The lowest BCUT2D eigenvalue weighted by atomic mass is 9.92. The first-order chi connectivity index (χ1) is 19.1. The number of carbonyl (C=O) groups excluding carboxylic acids is 1. The first-order valence-electron chi connectivity index (χ1n) is 12.6. The van der Waals surface area contributed by atoms with E-state index in [-0.39, 0.29) is 17.1 Å². The Labute approximate surface area is 227 Å². The van der Waals surface area contributed by atoms with Crippen molar-refractivity contribution in [2.75, 3.05) is 5.32 Å². The molecule has 0 bridgehead atoms. The molecule has 200 valence electrons. The van der Waals surface area contributed by atoms with Crippen molar-refractivity contribution in [2.24, 2.45) is 5.41 Å². The number of fused-ring (bicyclic) bond motifs is 2. The van der Waals surface area contributed by atoms with Crippen LogP contribution in [0.4, 0.5) is 10.1 Å². The number of nitrogens with one attached hydrogen (secondary N) is 3. The van der Waals surface area contributed by atoms with E-state index in [1.165, 1.54) is 12.1 Å². The number of phenolic OH excluding ortho intramolecular Hbond substituents is 1. The molecule has 5 aromatic heterocycles. The fourth-order valence-electron chi connectivity index (χ4n) is 4.56. The third-order valence-corrected chi connectivity index (χ3v) is 6.24. The molecule has 0 aliphatic carbocycles. The zero-order valence-corrected chi connectivity index (χ0v) is 22.0. The standard InChI is InChI=1S/C29H25FN8O2/c1-29(2,3)11-24(40)34-18-7-16(12-31-13-18)22-10-20-23(14-33-22)37-38-26(20)28-35-21-4-5-32-25(27(21)36-28)15-6-17(30)9-19(39)8-15/h4-10,12-14,39H,11H2,1-3H3,(H,34,40)(H,35,36)(H,37,38). The number of carbonyl (C=O) groups is 1. The number of aromatic hydroxyl groups is 1. The summed E-state index contributed by atoms with van der Waals surface area (Å²) in [5.41, 5.74) is 5.10. The maximum atomic E-state index is 14.0. The van der Waals surface area contributed by atoms with E-state index < -0.39 is 5.82 Å². The molecular weight excluding hydrogens is 511 g/mol. The summed E-state index contributed by atoms with van der Waals surface area (Å²) in [6.45, 7) is 6.03. The van der Waals surface area contributed by atoms with E-state index in [1.54, 1.807) is 30.9 Å². The normalized spacial score (nSPS) is 11.8. The quantitative estimate of drug-likeness (QED) is 0.216. The lowest BCUT2D eigenvalue weighted by molar-refractivity contribution is -0.117. The first kappa shape index (κ1) is 25.1. The van der Waals surface area contributed by atoms with Gasteiger partial charge in [-0.05, 0) is 35.7 Å². The second kappa shape index (κ2) is 9.53. The molecule has 11 heteroatoms. The number of H-pyrrole nitrogens is 2. The highest BCUT2D eigenvalue weighted by atomic mass is 19.1. The minimum atomic E-state index is -0.574. The molecule has 5 heterocycles. The summed E-state index contributed by atoms with van der Waals surface area (Å²) < 4.78 is 14.0. The molecule has 0 radical (unpaired) electrons. The summed E-state index contributed by atoms with van der Waals surface area (Å²) in [5, 5.41) is 21.0. The van der Waals surface area contributed by atoms with Gasteiger partial charge in [-0.25, -0.2) is 9.37 Å². The highest BCUT2D eigenvalue weighted by Crippen LogP contribution is 2.33. The van der Waals surface area contributed by atoms with Gasteiger partial charge in [0, 0.05) is 41.4 Å². The van der Waals surface area contributed by atoms with Crippen molar-refractivity contribution in [3.63, 3.8) is 0 Å². The molecule has 0 unspecified atom stereocenters. The number of phenols is 1. The van der Waals surface area contributed by atoms with E-state index in [9.17, 15) is 14.3 Å². The Hall–Kier alpha value is -5.19. The smallest absolute Gasteiger partial charge is 0.224 e. The second-order valence-electron chi connectivity index (χ2n) is 10.8. The van der Waals surface area contributed by atoms with Crippen LogP contribution in [0.1, 0.15) is 27.2 Å². The van der Waals surface area contributed by atoms with Gasteiger partial charge in [0.2, 0.25) is 5.91 Å². The average molecular weight is 537 g/mol. The third-order valence-electron chi connectivity index (χ3n) is 6.24. The molecular formula is C29H25FN8O2. The molecule has 10 nitrogen and oxygen atoms in total. The van der Waals surface area contributed by atoms with Crippen LogP contribution in [-0.2, 0) is 4.79 Å². The SMILES string of the molecule is CC(C)(C)CC(=O)Nc1cncc(-c2cc3c(-c4nc5c(-c6cc(O)cc(F)c6)nccc5[nH]4)n[nH]c3cn2)c1. The summed E-state index contributed by atoms with van der Waals surface area (Å²) in [6, 6.07) is 9.24. The van der Waals surface area contributed by atoms with Crippen LogP contribution in [0.25, 0.3) is 56.0 Å². The lowest BCUT2D eigenvalue weighted by Gasteiger charge is -2.17. The van der Waals surface area contributed by atoms with Crippen LogP contribution in [0.15, 0.2) is 61.2 Å². The van der Waals surface area contributed by atoms with Gasteiger partial charge in [0.05, 0.1) is 40.5 Å². The number of hydrogen-bond donors (Lipinski definition) is 4. The minimum Gasteiger partial charge on any atom is -0.508 e. The molecule has 40 heavy (non-hydrogen) atoms. The molecule has 1 amide bonds. The van der Waals surface area contributed by atoms with E-state index in [0.717, 1.165) is 17.0 Å². The molecule has 6 aromatic rings. The Morgan fingerprint density at radius 3 is 2.65 bits per heavy atom. The van der Waals surface area contributed by atoms with E-state index >= 15 is 0 Å². The van der Waals surface area contributed by atoms with Crippen molar-refractivity contribution < 1.29 is 14.3 Å². The lowest BCUT2D eigenvalue weighted by Crippen LogP contribution is -2.19. The van der Waals surface area contributed by atoms with Crippen LogP contribution in [-0.4, -0.2) is 46.1 Å². The number of benzene rings is 1. The summed E-state index contributed by atoms with van der Waals surface area (Å²) in [7, 11) is 0. The summed E-state index contributed by atoms with van der Waals surface area (Å²) in [4.78, 5) is 33.7. The van der Waals surface area contributed by atoms with Crippen LogP contribution >= 0.6 is 0 Å². The number of rotatable bonds is 5. The van der Waals surface area contributed by atoms with Crippen molar-refractivity contribution in [1.29, 1.82) is 0 Å². The monoisotopic (exact) mass is 536 g/mol. The first-order valence-corrected chi connectivity index (χ1v) is 12.6. The Balaban J connectivity index is 1.37. The number of nitrogens with zero attached hydrogens (tertiary/aromatic N) is 5. The molecule has 1 aromatic carbocycles. The molecule has 4 N–H and O–H groups in total. The van der Waals surface area contributed by atoms with Gasteiger partial charge in [0.1, 0.15) is 22.8 Å². The Morgan fingerprint density at radius 2 is 1.85 bits per heavy atom. The number of pyridine rings is 3. The van der Waals surface area contributed by atoms with E-state index in [1.807, 2.05) is 32.9 Å². The van der Waals surface area contributed by atoms with E-state index in [0.29, 0.717) is 57.1 Å². The molecule has 0 aliphatic rings. The maximum Gasteiger partial charge on any atom is 0.224 e. The topological polar surface area (TPSA) is 145 Å². The molecule has 6 rings (SSSR count). The van der Waals surface area contributed by atoms with Crippen molar-refractivity contribution >= 4 is 33.5 Å². The molecule has 0 saturated carbocycles. The van der Waals surface area contributed by atoms with E-state index in [2.05, 4.69) is 35.5 Å². The number of hydrogen-bond acceptors (Lipinski definition) is 7. The zero-order chi connectivity index (χ0) is 28.0. The van der Waals surface area contributed by atoms with Crippen molar-refractivity contribution in [2.45, 2.75) is 27.2 Å². The van der Waals surface area contributed by atoms with Gasteiger partial charge in [-0.3, -0.25) is 24.8 Å². The Kier molecular flexibility index (Phi) is 5.98. The Morgan fingerprint density at radius 1 is 1.00 bits per heavy atom. The molecule has 0 fully saturated rings. The fraction of sp³-hybridized carbons (Fsp3) is 0.172. The predicted octanol–water partition coefficient (Wildman–Crippen LogP) is 5.84. The van der Waals surface area contributed by atoms with Gasteiger partial charge < -0.3 is 15.4 Å². The third kappa shape index (κ3) is 4.96. The molecule has 0 atom stereocenters. The van der Waals surface area contributed by atoms with E-state index in [4.69, 9.17) is 4.98 Å². The zero-order valence-electron chi connectivity index (χ0n) is 22.0. The van der Waals surface area contributed by atoms with Gasteiger partial charge in [-0.2, -0.15) is 5.10 Å². The summed E-state index contributed by atoms with van der Waals surface area (Å²) in [5.74, 6) is -0.376. The van der Waals surface area contributed by atoms with Gasteiger partial charge in [0.25, 0.3) is 0 Å². The average Bonchev–Trinajstić information content (AvgIpc) is 3.50. The number of imidazole rings is 1. The van der Waals surface area contributed by atoms with Gasteiger partial charge in [-0.1, -0.05) is 20.8 Å². The summed E-state index contributed by atoms with van der Waals surface area (Å²) >= 11 is 0. The number of aromatic amines is 2. The maximum absolute atomic E-state index is 14.0.